The van der Waals surface area contributed by atoms with Crippen LogP contribution in [0.3, 0.4) is 0 Å². The lowest BCUT2D eigenvalue weighted by molar-refractivity contribution is -0.393. The number of nitro benzene ring substituents is 2. The summed E-state index contributed by atoms with van der Waals surface area (Å²) in [6.07, 6.45) is 0. The van der Waals surface area contributed by atoms with E-state index in [9.17, 15) is 20.2 Å². The molecule has 1 heterocycles. The van der Waals surface area contributed by atoms with Gasteiger partial charge in [0, 0.05) is 32.2 Å². The van der Waals surface area contributed by atoms with Crippen molar-refractivity contribution >= 4 is 17.1 Å². The molecular weight excluding hydrogens is 264 g/mol. The van der Waals surface area contributed by atoms with Crippen LogP contribution in [0.5, 0.6) is 0 Å². The van der Waals surface area contributed by atoms with Crippen LogP contribution in [0, 0.1) is 20.2 Å². The summed E-state index contributed by atoms with van der Waals surface area (Å²) >= 11 is 0. The van der Waals surface area contributed by atoms with E-state index in [1.165, 1.54) is 12.1 Å². The molecule has 0 N–H and O–H groups in total. The highest BCUT2D eigenvalue weighted by Crippen LogP contribution is 2.32. The number of benzene rings is 1. The summed E-state index contributed by atoms with van der Waals surface area (Å²) in [7, 11) is 0. The van der Waals surface area contributed by atoms with E-state index in [-0.39, 0.29) is 11.4 Å². The summed E-state index contributed by atoms with van der Waals surface area (Å²) < 4.78 is 0. The second-order valence-corrected chi connectivity index (χ2v) is 4.61. The monoisotopic (exact) mass is 280 g/mol. The molecule has 1 fully saturated rings. The third-order valence-electron chi connectivity index (χ3n) is 3.53. The van der Waals surface area contributed by atoms with Crippen LogP contribution in [-0.4, -0.2) is 47.5 Å². The Balaban J connectivity index is 2.27. The third kappa shape index (κ3) is 2.85. The molecule has 108 valence electrons. The Kier molecular flexibility index (Phi) is 4.14. The molecule has 2 rings (SSSR count). The Morgan fingerprint density at radius 2 is 1.75 bits per heavy atom. The van der Waals surface area contributed by atoms with Crippen molar-refractivity contribution in [3.8, 4) is 0 Å². The molecule has 8 heteroatoms. The molecule has 0 unspecified atom stereocenters. The second kappa shape index (κ2) is 5.83. The number of likely N-dealkylation sites (N-methyl/N-ethyl adjacent to an activating group) is 1. The molecule has 1 aliphatic rings. The first-order valence-corrected chi connectivity index (χ1v) is 6.43. The minimum atomic E-state index is -0.619. The number of rotatable bonds is 4. The quantitative estimate of drug-likeness (QED) is 0.615. The molecular formula is C12H16N4O4. The van der Waals surface area contributed by atoms with Crippen LogP contribution in [0.25, 0.3) is 0 Å². The normalized spacial score (nSPS) is 16.1. The van der Waals surface area contributed by atoms with Crippen molar-refractivity contribution in [3.63, 3.8) is 0 Å². The Bertz CT molecular complexity index is 526. The van der Waals surface area contributed by atoms with Crippen LogP contribution in [-0.2, 0) is 0 Å². The predicted octanol–water partition coefficient (Wildman–Crippen LogP) is 1.64. The zero-order valence-electron chi connectivity index (χ0n) is 11.2. The second-order valence-electron chi connectivity index (χ2n) is 4.61. The number of anilines is 1. The summed E-state index contributed by atoms with van der Waals surface area (Å²) in [5.74, 6) is 0. The summed E-state index contributed by atoms with van der Waals surface area (Å²) in [5.41, 5.74) is -0.00635. The molecule has 8 nitrogen and oxygen atoms in total. The molecule has 1 saturated heterocycles. The van der Waals surface area contributed by atoms with Crippen LogP contribution in [0.4, 0.5) is 17.1 Å². The van der Waals surface area contributed by atoms with Gasteiger partial charge in [0.25, 0.3) is 11.4 Å². The molecule has 0 atom stereocenters. The number of piperazine rings is 1. The predicted molar refractivity (Wildman–Crippen MR) is 74.1 cm³/mol. The highest BCUT2D eigenvalue weighted by molar-refractivity contribution is 5.67. The SMILES string of the molecule is CCN1CCN(c2ccc([N+](=O)[O-])cc2[N+](=O)[O-])CC1. The van der Waals surface area contributed by atoms with Gasteiger partial charge in [-0.05, 0) is 12.6 Å². The van der Waals surface area contributed by atoms with E-state index in [2.05, 4.69) is 11.8 Å². The molecule has 20 heavy (non-hydrogen) atoms. The van der Waals surface area contributed by atoms with Crippen LogP contribution in [0.1, 0.15) is 6.92 Å². The molecule has 1 aliphatic heterocycles. The van der Waals surface area contributed by atoms with E-state index in [0.717, 1.165) is 25.7 Å². The van der Waals surface area contributed by atoms with Crippen molar-refractivity contribution in [3.05, 3.63) is 38.4 Å². The van der Waals surface area contributed by atoms with Gasteiger partial charge in [-0.3, -0.25) is 20.2 Å². The van der Waals surface area contributed by atoms with Crippen molar-refractivity contribution in [1.29, 1.82) is 0 Å². The van der Waals surface area contributed by atoms with E-state index in [1.54, 1.807) is 0 Å². The van der Waals surface area contributed by atoms with Crippen LogP contribution in [0.2, 0.25) is 0 Å². The van der Waals surface area contributed by atoms with Gasteiger partial charge < -0.3 is 9.80 Å². The lowest BCUT2D eigenvalue weighted by atomic mass is 10.2. The maximum absolute atomic E-state index is 11.1. The van der Waals surface area contributed by atoms with Crippen molar-refractivity contribution in [2.75, 3.05) is 37.6 Å². The van der Waals surface area contributed by atoms with Crippen LogP contribution >= 0.6 is 0 Å². The lowest BCUT2D eigenvalue weighted by Crippen LogP contribution is -2.46. The maximum atomic E-state index is 11.1. The fraction of sp³-hybridized carbons (Fsp3) is 0.500. The number of hydrogen-bond donors (Lipinski definition) is 0. The number of nitrogens with zero attached hydrogens (tertiary/aromatic N) is 4. The van der Waals surface area contributed by atoms with Gasteiger partial charge in [-0.25, -0.2) is 0 Å². The highest BCUT2D eigenvalue weighted by atomic mass is 16.6. The van der Waals surface area contributed by atoms with E-state index in [0.29, 0.717) is 18.8 Å². The average Bonchev–Trinajstić information content (AvgIpc) is 2.46. The average molecular weight is 280 g/mol. The molecule has 0 aliphatic carbocycles. The fourth-order valence-corrected chi connectivity index (χ4v) is 2.34. The minimum absolute atomic E-state index is 0.204. The molecule has 1 aromatic rings. The van der Waals surface area contributed by atoms with Crippen molar-refractivity contribution in [1.82, 2.24) is 4.90 Å². The summed E-state index contributed by atoms with van der Waals surface area (Å²) in [6, 6.07) is 3.81. The first-order chi connectivity index (χ1) is 9.52. The smallest absolute Gasteiger partial charge is 0.299 e. The first kappa shape index (κ1) is 14.2. The van der Waals surface area contributed by atoms with Crippen LogP contribution in [0.15, 0.2) is 18.2 Å². The molecule has 0 aromatic heterocycles. The maximum Gasteiger partial charge on any atom is 0.299 e. The molecule has 0 radical (unpaired) electrons. The van der Waals surface area contributed by atoms with E-state index >= 15 is 0 Å². The van der Waals surface area contributed by atoms with Gasteiger partial charge in [-0.15, -0.1) is 0 Å². The van der Waals surface area contributed by atoms with E-state index in [1.807, 2.05) is 4.90 Å². The fourth-order valence-electron chi connectivity index (χ4n) is 2.34. The van der Waals surface area contributed by atoms with Crippen LogP contribution < -0.4 is 4.90 Å². The van der Waals surface area contributed by atoms with Gasteiger partial charge in [0.15, 0.2) is 0 Å². The summed E-state index contributed by atoms with van der Waals surface area (Å²) in [4.78, 5) is 24.8. The van der Waals surface area contributed by atoms with Gasteiger partial charge in [-0.1, -0.05) is 6.92 Å². The van der Waals surface area contributed by atoms with E-state index in [4.69, 9.17) is 0 Å². The van der Waals surface area contributed by atoms with Gasteiger partial charge >= 0.3 is 0 Å². The molecule has 0 bridgehead atoms. The van der Waals surface area contributed by atoms with E-state index < -0.39 is 9.85 Å². The summed E-state index contributed by atoms with van der Waals surface area (Å²) in [5, 5.41) is 21.8. The Morgan fingerprint density at radius 1 is 1.10 bits per heavy atom. The van der Waals surface area contributed by atoms with Crippen molar-refractivity contribution in [2.45, 2.75) is 6.92 Å². The first-order valence-electron chi connectivity index (χ1n) is 6.43. The zero-order valence-corrected chi connectivity index (χ0v) is 11.2. The van der Waals surface area contributed by atoms with Crippen molar-refractivity contribution in [2.24, 2.45) is 0 Å². The van der Waals surface area contributed by atoms with Gasteiger partial charge in [0.2, 0.25) is 0 Å². The Hall–Kier alpha value is -2.22. The van der Waals surface area contributed by atoms with Gasteiger partial charge in [0.1, 0.15) is 5.69 Å². The Morgan fingerprint density at radius 3 is 2.25 bits per heavy atom. The largest absolute Gasteiger partial charge is 0.363 e. The molecule has 0 amide bonds. The number of non-ortho nitro benzene ring substituents is 1. The lowest BCUT2D eigenvalue weighted by Gasteiger charge is -2.35. The third-order valence-corrected chi connectivity index (χ3v) is 3.53. The van der Waals surface area contributed by atoms with Crippen molar-refractivity contribution < 1.29 is 9.85 Å². The number of hydrogen-bond acceptors (Lipinski definition) is 6. The zero-order chi connectivity index (χ0) is 14.7. The standard InChI is InChI=1S/C12H16N4O4/c1-2-13-5-7-14(8-6-13)11-4-3-10(15(17)18)9-12(11)16(19)20/h3-4,9H,2,5-8H2,1H3. The highest BCUT2D eigenvalue weighted by Gasteiger charge is 2.25. The van der Waals surface area contributed by atoms with Gasteiger partial charge in [0.05, 0.1) is 15.9 Å². The topological polar surface area (TPSA) is 92.8 Å². The molecule has 1 aromatic carbocycles. The summed E-state index contributed by atoms with van der Waals surface area (Å²) in [6.45, 7) is 6.08. The van der Waals surface area contributed by atoms with Gasteiger partial charge in [-0.2, -0.15) is 0 Å². The minimum Gasteiger partial charge on any atom is -0.363 e. The number of nitro groups is 2. The Labute approximate surface area is 115 Å². The molecule has 0 saturated carbocycles. The molecule has 0 spiro atoms.